The zero-order valence-corrected chi connectivity index (χ0v) is 24.6. The summed E-state index contributed by atoms with van der Waals surface area (Å²) in [4.78, 5) is 11.8. The topological polar surface area (TPSA) is 0 Å². The summed E-state index contributed by atoms with van der Waals surface area (Å²) in [6.07, 6.45) is -1.07. The van der Waals surface area contributed by atoms with Crippen molar-refractivity contribution in [1.29, 1.82) is 0 Å². The van der Waals surface area contributed by atoms with E-state index < -0.39 is 6.29 Å². The zero-order chi connectivity index (χ0) is 21.4. The van der Waals surface area contributed by atoms with Crippen LogP contribution in [0.5, 0.6) is 0 Å². The maximum absolute atomic E-state index is 2.77. The van der Waals surface area contributed by atoms with Gasteiger partial charge in [-0.1, -0.05) is 41.5 Å². The predicted molar refractivity (Wildman–Crippen MR) is 152 cm³/mol. The molecule has 0 N–H and O–H groups in total. The lowest BCUT2D eigenvalue weighted by atomic mass is 9.95. The molecule has 0 saturated heterocycles. The first kappa shape index (κ1) is 21.6. The van der Waals surface area contributed by atoms with Gasteiger partial charge in [0, 0.05) is 39.0 Å². The number of halogens is 1. The maximum atomic E-state index is 2.77. The van der Waals surface area contributed by atoms with Gasteiger partial charge in [0.1, 0.15) is 0 Å². The summed E-state index contributed by atoms with van der Waals surface area (Å²) in [6.45, 7) is 13.9. The van der Waals surface area contributed by atoms with E-state index in [1.807, 2.05) is 45.3 Å². The average molecular weight is 597 g/mol. The van der Waals surface area contributed by atoms with Crippen LogP contribution in [0.25, 0.3) is 29.3 Å². The van der Waals surface area contributed by atoms with Crippen molar-refractivity contribution in [1.82, 2.24) is 0 Å². The second-order valence-electron chi connectivity index (χ2n) is 9.98. The smallest absolute Gasteiger partial charge is 0.139 e. The minimum Gasteiger partial charge on any atom is -0.139 e. The fourth-order valence-corrected chi connectivity index (χ4v) is 15.7. The SMILES string of the molecule is CC(C)(C)c1ccc(-c2ccc(-c3cc4c(s3)-c3sc(C(C)(C)C)cc3[SiH]4I)s2)s1. The molecular formula is C24H25IS4Si. The lowest BCUT2D eigenvalue weighted by molar-refractivity contribution is 0.604. The van der Waals surface area contributed by atoms with Crippen molar-refractivity contribution >= 4 is 83.8 Å². The van der Waals surface area contributed by atoms with E-state index >= 15 is 0 Å². The number of fused-ring (bicyclic) bond motifs is 3. The van der Waals surface area contributed by atoms with Crippen LogP contribution in [0.15, 0.2) is 36.4 Å². The Labute approximate surface area is 209 Å². The summed E-state index contributed by atoms with van der Waals surface area (Å²) in [5, 5.41) is 3.32. The molecule has 1 aliphatic rings. The van der Waals surface area contributed by atoms with Gasteiger partial charge in [0.15, 0.2) is 6.29 Å². The highest BCUT2D eigenvalue weighted by Gasteiger charge is 2.35. The third-order valence-corrected chi connectivity index (χ3v) is 17.8. The monoisotopic (exact) mass is 596 g/mol. The molecule has 0 radical (unpaired) electrons. The van der Waals surface area contributed by atoms with Crippen molar-refractivity contribution in [2.75, 3.05) is 0 Å². The first-order valence-corrected chi connectivity index (χ1v) is 18.7. The Balaban J connectivity index is 1.49. The molecule has 0 aromatic carbocycles. The maximum Gasteiger partial charge on any atom is 0.173 e. The van der Waals surface area contributed by atoms with Crippen LogP contribution in [0, 0.1) is 0 Å². The average Bonchev–Trinajstić information content (AvgIpc) is 3.44. The van der Waals surface area contributed by atoms with E-state index in [1.165, 1.54) is 29.3 Å². The first-order chi connectivity index (χ1) is 14.0. The van der Waals surface area contributed by atoms with E-state index in [2.05, 4.69) is 99.7 Å². The highest BCUT2D eigenvalue weighted by Crippen LogP contribution is 2.46. The minimum absolute atomic E-state index is 0.224. The van der Waals surface area contributed by atoms with Gasteiger partial charge in [-0.15, -0.1) is 67.1 Å². The highest BCUT2D eigenvalue weighted by atomic mass is 127. The van der Waals surface area contributed by atoms with Gasteiger partial charge in [-0.3, -0.25) is 0 Å². The van der Waals surface area contributed by atoms with E-state index in [9.17, 15) is 0 Å². The largest absolute Gasteiger partial charge is 0.173 e. The fraction of sp³-hybridized carbons (Fsp3) is 0.333. The molecular weight excluding hydrogens is 572 g/mol. The Bertz CT molecular complexity index is 1240. The molecule has 1 atom stereocenters. The van der Waals surface area contributed by atoms with Gasteiger partial charge in [0.05, 0.1) is 0 Å². The van der Waals surface area contributed by atoms with Crippen LogP contribution in [0.1, 0.15) is 51.3 Å². The quantitative estimate of drug-likeness (QED) is 0.125. The Morgan fingerprint density at radius 3 is 1.77 bits per heavy atom. The normalized spacial score (nSPS) is 16.2. The van der Waals surface area contributed by atoms with Crippen LogP contribution in [0.4, 0.5) is 0 Å². The predicted octanol–water partition coefficient (Wildman–Crippen LogP) is 8.12. The molecule has 156 valence electrons. The molecule has 0 spiro atoms. The van der Waals surface area contributed by atoms with Gasteiger partial charge in [0.25, 0.3) is 0 Å². The number of rotatable bonds is 2. The van der Waals surface area contributed by atoms with E-state index in [4.69, 9.17) is 0 Å². The fourth-order valence-electron chi connectivity index (χ4n) is 3.68. The van der Waals surface area contributed by atoms with Crippen molar-refractivity contribution < 1.29 is 0 Å². The third kappa shape index (κ3) is 3.65. The van der Waals surface area contributed by atoms with Crippen LogP contribution in [0.3, 0.4) is 0 Å². The van der Waals surface area contributed by atoms with Crippen molar-refractivity contribution in [2.45, 2.75) is 52.4 Å². The number of thiophene rings is 4. The number of hydrogen-bond donors (Lipinski definition) is 0. The van der Waals surface area contributed by atoms with E-state index in [0.717, 1.165) is 0 Å². The Morgan fingerprint density at radius 2 is 1.13 bits per heavy atom. The first-order valence-electron chi connectivity index (χ1n) is 10.2. The van der Waals surface area contributed by atoms with Gasteiger partial charge in [-0.05, 0) is 57.6 Å². The number of hydrogen-bond acceptors (Lipinski definition) is 4. The van der Waals surface area contributed by atoms with Gasteiger partial charge < -0.3 is 0 Å². The van der Waals surface area contributed by atoms with E-state index in [-0.39, 0.29) is 10.8 Å². The molecule has 6 heteroatoms. The van der Waals surface area contributed by atoms with Gasteiger partial charge in [-0.25, -0.2) is 0 Å². The van der Waals surface area contributed by atoms with Crippen molar-refractivity contribution in [2.24, 2.45) is 0 Å². The molecule has 0 saturated carbocycles. The summed E-state index contributed by atoms with van der Waals surface area (Å²) in [7, 11) is 0. The van der Waals surface area contributed by atoms with Crippen LogP contribution < -0.4 is 10.4 Å². The summed E-state index contributed by atoms with van der Waals surface area (Å²) < 4.78 is 0. The second-order valence-corrected chi connectivity index (χ2v) is 20.0. The van der Waals surface area contributed by atoms with Gasteiger partial charge in [-0.2, -0.15) is 0 Å². The molecule has 0 aliphatic carbocycles. The van der Waals surface area contributed by atoms with Crippen LogP contribution >= 0.6 is 67.1 Å². The highest BCUT2D eigenvalue weighted by molar-refractivity contribution is 14.1. The Morgan fingerprint density at radius 1 is 0.600 bits per heavy atom. The van der Waals surface area contributed by atoms with Crippen LogP contribution in [0.2, 0.25) is 0 Å². The molecule has 5 rings (SSSR count). The molecule has 30 heavy (non-hydrogen) atoms. The van der Waals surface area contributed by atoms with Crippen molar-refractivity contribution in [3.05, 3.63) is 46.2 Å². The Kier molecular flexibility index (Phi) is 5.31. The summed E-state index contributed by atoms with van der Waals surface area (Å²) in [5.74, 6) is 0. The van der Waals surface area contributed by atoms with Crippen molar-refractivity contribution in [3.63, 3.8) is 0 Å². The molecule has 0 bridgehead atoms. The standard InChI is InChI=1S/C24H25IS4Si/c1-23(2,3)19-10-9-14(27-19)13-7-8-15(26-13)16-11-17-21(28-16)22-18(30(17)25)12-20(29-22)24(4,5)6/h7-12,30H,1-6H3. The molecule has 1 unspecified atom stereocenters. The van der Waals surface area contributed by atoms with Gasteiger partial charge >= 0.3 is 0 Å². The van der Waals surface area contributed by atoms with Crippen LogP contribution in [-0.4, -0.2) is 6.29 Å². The molecule has 4 aromatic rings. The zero-order valence-electron chi connectivity index (χ0n) is 18.1. The molecule has 0 nitrogen and oxygen atoms in total. The Hall–Kier alpha value is -0.253. The summed E-state index contributed by atoms with van der Waals surface area (Å²) >= 11 is 10.7. The second kappa shape index (κ2) is 7.38. The molecule has 1 aliphatic heterocycles. The van der Waals surface area contributed by atoms with E-state index in [1.54, 1.807) is 20.1 Å². The van der Waals surface area contributed by atoms with Crippen LogP contribution in [-0.2, 0) is 10.8 Å². The third-order valence-electron chi connectivity index (χ3n) is 5.45. The minimum atomic E-state index is -1.07. The van der Waals surface area contributed by atoms with Gasteiger partial charge in [0.2, 0.25) is 0 Å². The molecule has 0 amide bonds. The summed E-state index contributed by atoms with van der Waals surface area (Å²) in [6, 6.07) is 14.3. The molecule has 4 aromatic heterocycles. The lowest BCUT2D eigenvalue weighted by Crippen LogP contribution is -2.30. The lowest BCUT2D eigenvalue weighted by Gasteiger charge is -2.15. The molecule has 0 fully saturated rings. The molecule has 5 heterocycles. The summed E-state index contributed by atoms with van der Waals surface area (Å²) in [5.41, 5.74) is 0.469. The van der Waals surface area contributed by atoms with Crippen molar-refractivity contribution in [3.8, 4) is 29.3 Å². The van der Waals surface area contributed by atoms with E-state index in [0.29, 0.717) is 0 Å².